The molecule has 0 bridgehead atoms. The van der Waals surface area contributed by atoms with E-state index in [2.05, 4.69) is 6.92 Å². The van der Waals surface area contributed by atoms with E-state index in [0.717, 1.165) is 19.3 Å². The zero-order valence-corrected chi connectivity index (χ0v) is 21.5. The molecule has 4 rings (SSSR count). The minimum absolute atomic E-state index is 0.0329. The minimum atomic E-state index is -1.13. The summed E-state index contributed by atoms with van der Waals surface area (Å²) in [5, 5.41) is 0. The molecule has 0 aromatic heterocycles. The van der Waals surface area contributed by atoms with Crippen LogP contribution >= 0.6 is 0 Å². The molecular formula is C32H30F4O2. The zero-order chi connectivity index (χ0) is 27.1. The number of hydrogen-bond donors (Lipinski definition) is 0. The van der Waals surface area contributed by atoms with Crippen molar-refractivity contribution in [3.63, 3.8) is 0 Å². The first-order chi connectivity index (χ1) is 18.4. The molecule has 0 saturated carbocycles. The number of ether oxygens (including phenoxy) is 2. The van der Waals surface area contributed by atoms with Gasteiger partial charge in [0.2, 0.25) is 11.6 Å². The van der Waals surface area contributed by atoms with Gasteiger partial charge in [0.05, 0.1) is 6.61 Å². The van der Waals surface area contributed by atoms with Crippen LogP contribution in [-0.2, 0) is 13.0 Å². The fourth-order valence-corrected chi connectivity index (χ4v) is 4.26. The van der Waals surface area contributed by atoms with Gasteiger partial charge in [0.1, 0.15) is 6.61 Å². The first kappa shape index (κ1) is 27.2. The van der Waals surface area contributed by atoms with Crippen molar-refractivity contribution >= 4 is 0 Å². The van der Waals surface area contributed by atoms with Gasteiger partial charge in [-0.25, -0.2) is 8.78 Å². The summed E-state index contributed by atoms with van der Waals surface area (Å²) in [4.78, 5) is 0. The van der Waals surface area contributed by atoms with Gasteiger partial charge in [-0.3, -0.25) is 0 Å². The summed E-state index contributed by atoms with van der Waals surface area (Å²) >= 11 is 0. The van der Waals surface area contributed by atoms with Gasteiger partial charge in [-0.2, -0.15) is 8.78 Å². The molecule has 0 spiro atoms. The summed E-state index contributed by atoms with van der Waals surface area (Å²) in [7, 11) is 0. The van der Waals surface area contributed by atoms with Crippen molar-refractivity contribution in [1.82, 2.24) is 0 Å². The summed E-state index contributed by atoms with van der Waals surface area (Å²) in [6.45, 7) is 4.01. The average Bonchev–Trinajstić information content (AvgIpc) is 2.93. The highest BCUT2D eigenvalue weighted by atomic mass is 19.2. The van der Waals surface area contributed by atoms with Gasteiger partial charge >= 0.3 is 0 Å². The van der Waals surface area contributed by atoms with Crippen LogP contribution in [0.2, 0.25) is 0 Å². The van der Waals surface area contributed by atoms with Crippen molar-refractivity contribution < 1.29 is 27.0 Å². The molecular weight excluding hydrogens is 492 g/mol. The summed E-state index contributed by atoms with van der Waals surface area (Å²) < 4.78 is 68.9. The summed E-state index contributed by atoms with van der Waals surface area (Å²) in [5.74, 6) is -4.49. The van der Waals surface area contributed by atoms with E-state index in [4.69, 9.17) is 9.47 Å². The van der Waals surface area contributed by atoms with E-state index in [1.807, 2.05) is 24.3 Å². The van der Waals surface area contributed by atoms with Crippen molar-refractivity contribution in [2.45, 2.75) is 46.1 Å². The third-order valence-corrected chi connectivity index (χ3v) is 6.39. The highest BCUT2D eigenvalue weighted by Gasteiger charge is 2.17. The van der Waals surface area contributed by atoms with Crippen LogP contribution in [0.15, 0.2) is 72.8 Å². The third kappa shape index (κ3) is 6.18. The molecule has 4 aromatic carbocycles. The van der Waals surface area contributed by atoms with Gasteiger partial charge in [0, 0.05) is 11.1 Å². The van der Waals surface area contributed by atoms with Crippen molar-refractivity contribution in [3.8, 4) is 33.8 Å². The van der Waals surface area contributed by atoms with Gasteiger partial charge in [-0.15, -0.1) is 0 Å². The average molecular weight is 523 g/mol. The van der Waals surface area contributed by atoms with E-state index in [0.29, 0.717) is 16.7 Å². The second kappa shape index (κ2) is 12.6. The third-order valence-electron chi connectivity index (χ3n) is 6.39. The first-order valence-corrected chi connectivity index (χ1v) is 12.8. The van der Waals surface area contributed by atoms with Gasteiger partial charge in [-0.1, -0.05) is 80.4 Å². The smallest absolute Gasteiger partial charge is 0.204 e. The molecule has 0 unspecified atom stereocenters. The normalized spacial score (nSPS) is 11.0. The van der Waals surface area contributed by atoms with Crippen LogP contribution in [0.25, 0.3) is 22.3 Å². The van der Waals surface area contributed by atoms with Gasteiger partial charge in [0.15, 0.2) is 23.1 Å². The lowest BCUT2D eigenvalue weighted by Crippen LogP contribution is -2.02. The van der Waals surface area contributed by atoms with E-state index in [1.165, 1.54) is 24.1 Å². The fraction of sp³-hybridized carbons (Fsp3) is 0.250. The molecule has 0 saturated heterocycles. The molecule has 198 valence electrons. The Morgan fingerprint density at radius 3 is 1.53 bits per heavy atom. The van der Waals surface area contributed by atoms with Crippen molar-refractivity contribution in [1.29, 1.82) is 0 Å². The molecule has 0 N–H and O–H groups in total. The summed E-state index contributed by atoms with van der Waals surface area (Å²) in [5.41, 5.74) is 3.28. The molecule has 0 aliphatic carbocycles. The van der Waals surface area contributed by atoms with E-state index < -0.39 is 23.3 Å². The Kier molecular flexibility index (Phi) is 9.06. The van der Waals surface area contributed by atoms with E-state index in [1.54, 1.807) is 43.3 Å². The topological polar surface area (TPSA) is 18.5 Å². The SMILES string of the molecule is CCCCCc1ccc(-c2ccc(-c3ccc(COc4ccc(OCC)c(F)c4F)cc3)c(F)c2F)cc1. The Bertz CT molecular complexity index is 1370. The molecule has 4 aromatic rings. The maximum Gasteiger partial charge on any atom is 0.204 e. The Morgan fingerprint density at radius 2 is 1.03 bits per heavy atom. The lowest BCUT2D eigenvalue weighted by Gasteiger charge is -2.12. The molecule has 0 atom stereocenters. The standard InChI is InChI=1S/C32H30F4O2/c1-3-5-6-7-21-8-12-23(13-9-21)25-16-17-26(30(34)29(25)33)24-14-10-22(11-15-24)20-38-28-19-18-27(37-4-2)31(35)32(28)36/h8-19H,3-7,20H2,1-2H3. The van der Waals surface area contributed by atoms with E-state index >= 15 is 8.78 Å². The Labute approximate surface area is 220 Å². The van der Waals surface area contributed by atoms with Crippen LogP contribution in [0.1, 0.15) is 44.2 Å². The number of unbranched alkanes of at least 4 members (excludes halogenated alkanes) is 2. The minimum Gasteiger partial charge on any atom is -0.491 e. The molecule has 0 amide bonds. The largest absolute Gasteiger partial charge is 0.491 e. The lowest BCUT2D eigenvalue weighted by atomic mass is 9.97. The van der Waals surface area contributed by atoms with Crippen LogP contribution < -0.4 is 9.47 Å². The highest BCUT2D eigenvalue weighted by molar-refractivity contribution is 5.72. The molecule has 38 heavy (non-hydrogen) atoms. The molecule has 0 aliphatic heterocycles. The molecule has 0 heterocycles. The van der Waals surface area contributed by atoms with Crippen LogP contribution in [-0.4, -0.2) is 6.61 Å². The molecule has 0 aliphatic rings. The maximum atomic E-state index is 15.1. The van der Waals surface area contributed by atoms with Gasteiger partial charge < -0.3 is 9.47 Å². The van der Waals surface area contributed by atoms with Crippen LogP contribution in [0.3, 0.4) is 0 Å². The molecule has 2 nitrogen and oxygen atoms in total. The Morgan fingerprint density at radius 1 is 0.526 bits per heavy atom. The second-order valence-corrected chi connectivity index (χ2v) is 9.05. The van der Waals surface area contributed by atoms with Crippen LogP contribution in [0, 0.1) is 23.3 Å². The van der Waals surface area contributed by atoms with Gasteiger partial charge in [0.25, 0.3) is 0 Å². The zero-order valence-electron chi connectivity index (χ0n) is 21.5. The number of aryl methyl sites for hydroxylation is 1. The van der Waals surface area contributed by atoms with Crippen molar-refractivity contribution in [2.24, 2.45) is 0 Å². The van der Waals surface area contributed by atoms with E-state index in [9.17, 15) is 8.78 Å². The maximum absolute atomic E-state index is 15.1. The summed E-state index contributed by atoms with van der Waals surface area (Å²) in [6.07, 6.45) is 4.39. The summed E-state index contributed by atoms with van der Waals surface area (Å²) in [6, 6.07) is 19.9. The van der Waals surface area contributed by atoms with E-state index in [-0.39, 0.29) is 35.8 Å². The second-order valence-electron chi connectivity index (χ2n) is 9.05. The number of hydrogen-bond acceptors (Lipinski definition) is 2. The monoisotopic (exact) mass is 522 g/mol. The quantitative estimate of drug-likeness (QED) is 0.144. The predicted octanol–water partition coefficient (Wildman–Crippen LogP) is 9.29. The van der Waals surface area contributed by atoms with Crippen molar-refractivity contribution in [2.75, 3.05) is 6.61 Å². The molecule has 6 heteroatoms. The first-order valence-electron chi connectivity index (χ1n) is 12.8. The Balaban J connectivity index is 1.45. The Hall–Kier alpha value is -3.80. The van der Waals surface area contributed by atoms with Crippen LogP contribution in [0.5, 0.6) is 11.5 Å². The molecule has 0 fully saturated rings. The highest BCUT2D eigenvalue weighted by Crippen LogP contribution is 2.32. The lowest BCUT2D eigenvalue weighted by molar-refractivity contribution is 0.274. The fourth-order valence-electron chi connectivity index (χ4n) is 4.26. The molecule has 0 radical (unpaired) electrons. The number of halogens is 4. The predicted molar refractivity (Wildman–Crippen MR) is 142 cm³/mol. The number of benzene rings is 4. The van der Waals surface area contributed by atoms with Crippen molar-refractivity contribution in [3.05, 3.63) is 107 Å². The van der Waals surface area contributed by atoms with Gasteiger partial charge in [-0.05, 0) is 54.2 Å². The van der Waals surface area contributed by atoms with Crippen LogP contribution in [0.4, 0.5) is 17.6 Å². The number of rotatable bonds is 11.